The monoisotopic (exact) mass is 751 g/mol. The first-order valence-corrected chi connectivity index (χ1v) is 18.4. The summed E-state index contributed by atoms with van der Waals surface area (Å²) in [7, 11) is -3.65. The third kappa shape index (κ3) is 14.0. The van der Waals surface area contributed by atoms with Gasteiger partial charge in [0.15, 0.2) is 30.6 Å². The van der Waals surface area contributed by atoms with Gasteiger partial charge in [-0.25, -0.2) is 9.59 Å². The number of esters is 4. The summed E-state index contributed by atoms with van der Waals surface area (Å²) in [6.45, 7) is 5.88. The lowest BCUT2D eigenvalue weighted by atomic mass is 9.96. The van der Waals surface area contributed by atoms with Gasteiger partial charge in [0, 0.05) is 20.8 Å². The van der Waals surface area contributed by atoms with Crippen LogP contribution in [0.15, 0.2) is 60.7 Å². The van der Waals surface area contributed by atoms with Gasteiger partial charge < -0.3 is 47.5 Å². The summed E-state index contributed by atoms with van der Waals surface area (Å²) >= 11 is 0. The smallest absolute Gasteiger partial charge is 0.408 e. The molecule has 1 heterocycles. The minimum atomic E-state index is -3.65. The second kappa shape index (κ2) is 21.2. The Morgan fingerprint density at radius 2 is 1.23 bits per heavy atom. The van der Waals surface area contributed by atoms with Crippen molar-refractivity contribution < 1.29 is 70.7 Å². The lowest BCUT2D eigenvalue weighted by Gasteiger charge is -2.44. The van der Waals surface area contributed by atoms with Crippen LogP contribution < -0.4 is 5.32 Å². The molecule has 1 aliphatic heterocycles. The molecular formula is C35H46NO15P. The van der Waals surface area contributed by atoms with Crippen molar-refractivity contribution in [1.82, 2.24) is 5.32 Å². The number of carbonyl (C=O) groups is 5. The summed E-state index contributed by atoms with van der Waals surface area (Å²) in [5.74, 6) is -3.34. The fraction of sp³-hybridized carbons (Fsp3) is 0.514. The van der Waals surface area contributed by atoms with Crippen LogP contribution in [-0.4, -0.2) is 92.7 Å². The fourth-order valence-electron chi connectivity index (χ4n) is 5.16. The minimum absolute atomic E-state index is 0.0784. The Labute approximate surface area is 302 Å². The molecule has 5 unspecified atom stereocenters. The van der Waals surface area contributed by atoms with Crippen LogP contribution in [-0.2, 0) is 79.2 Å². The highest BCUT2D eigenvalue weighted by Gasteiger charge is 2.53. The lowest BCUT2D eigenvalue weighted by Crippen LogP contribution is -2.62. The van der Waals surface area contributed by atoms with E-state index in [1.807, 2.05) is 0 Å². The maximum atomic E-state index is 13.4. The van der Waals surface area contributed by atoms with E-state index >= 15 is 0 Å². The van der Waals surface area contributed by atoms with E-state index in [-0.39, 0.29) is 39.0 Å². The Balaban J connectivity index is 1.90. The molecule has 17 heteroatoms. The zero-order valence-electron chi connectivity index (χ0n) is 29.8. The van der Waals surface area contributed by atoms with Crippen LogP contribution >= 0.6 is 7.60 Å². The topological polar surface area (TPSA) is 198 Å². The Morgan fingerprint density at radius 3 is 1.75 bits per heavy atom. The van der Waals surface area contributed by atoms with Gasteiger partial charge in [0.1, 0.15) is 19.3 Å². The van der Waals surface area contributed by atoms with Crippen molar-refractivity contribution in [3.63, 3.8) is 0 Å². The van der Waals surface area contributed by atoms with Crippen molar-refractivity contribution in [1.29, 1.82) is 0 Å². The number of amides is 1. The second-order valence-corrected chi connectivity index (χ2v) is 13.6. The van der Waals surface area contributed by atoms with Crippen molar-refractivity contribution in [2.75, 3.05) is 26.0 Å². The summed E-state index contributed by atoms with van der Waals surface area (Å²) in [5, 5.41) is 2.43. The Morgan fingerprint density at radius 1 is 0.731 bits per heavy atom. The molecule has 0 saturated carbocycles. The molecule has 0 aromatic heterocycles. The maximum Gasteiger partial charge on any atom is 0.408 e. The normalized spacial score (nSPS) is 20.5. The maximum absolute atomic E-state index is 13.4. The third-order valence-corrected chi connectivity index (χ3v) is 9.39. The molecule has 0 radical (unpaired) electrons. The third-order valence-electron chi connectivity index (χ3n) is 7.28. The van der Waals surface area contributed by atoms with Crippen molar-refractivity contribution >= 4 is 37.6 Å². The van der Waals surface area contributed by atoms with Crippen molar-refractivity contribution in [3.05, 3.63) is 71.8 Å². The molecule has 1 fully saturated rings. The number of hydrogen-bond donors (Lipinski definition) is 1. The van der Waals surface area contributed by atoms with E-state index in [0.717, 1.165) is 20.8 Å². The molecule has 1 amide bonds. The van der Waals surface area contributed by atoms with E-state index in [9.17, 15) is 28.5 Å². The molecule has 286 valence electrons. The molecule has 1 aliphatic rings. The number of rotatable bonds is 19. The van der Waals surface area contributed by atoms with Gasteiger partial charge in [-0.15, -0.1) is 0 Å². The van der Waals surface area contributed by atoms with Crippen molar-refractivity contribution in [2.45, 2.75) is 91.0 Å². The minimum Gasteiger partial charge on any atom is -0.459 e. The van der Waals surface area contributed by atoms with Gasteiger partial charge in [-0.05, 0) is 31.4 Å². The van der Waals surface area contributed by atoms with Gasteiger partial charge in [0.2, 0.25) is 0 Å². The second-order valence-electron chi connectivity index (χ2n) is 11.4. The highest BCUT2D eigenvalue weighted by Crippen LogP contribution is 2.49. The molecule has 2 aromatic carbocycles. The van der Waals surface area contributed by atoms with E-state index in [1.165, 1.54) is 0 Å². The number of benzene rings is 2. The lowest BCUT2D eigenvalue weighted by molar-refractivity contribution is -0.304. The van der Waals surface area contributed by atoms with Gasteiger partial charge in [-0.1, -0.05) is 60.7 Å². The summed E-state index contributed by atoms with van der Waals surface area (Å²) in [5.41, 5.74) is 1.37. The molecular weight excluding hydrogens is 705 g/mol. The van der Waals surface area contributed by atoms with Crippen LogP contribution in [0, 0.1) is 0 Å². The van der Waals surface area contributed by atoms with Crippen LogP contribution in [0.4, 0.5) is 4.79 Å². The molecule has 0 bridgehead atoms. The van der Waals surface area contributed by atoms with Crippen molar-refractivity contribution in [3.8, 4) is 0 Å². The first-order chi connectivity index (χ1) is 24.8. The van der Waals surface area contributed by atoms with Gasteiger partial charge in [-0.2, -0.15) is 0 Å². The molecule has 1 saturated heterocycles. The van der Waals surface area contributed by atoms with Crippen LogP contribution in [0.1, 0.15) is 52.2 Å². The van der Waals surface area contributed by atoms with E-state index in [2.05, 4.69) is 5.32 Å². The Hall–Kier alpha value is -4.34. The predicted molar refractivity (Wildman–Crippen MR) is 181 cm³/mol. The molecule has 0 aliphatic carbocycles. The summed E-state index contributed by atoms with van der Waals surface area (Å²) in [4.78, 5) is 63.1. The average molecular weight is 752 g/mol. The Bertz CT molecular complexity index is 1500. The van der Waals surface area contributed by atoms with Gasteiger partial charge in [0.25, 0.3) is 0 Å². The number of hydrogen-bond acceptors (Lipinski definition) is 15. The highest BCUT2D eigenvalue weighted by molar-refractivity contribution is 7.53. The van der Waals surface area contributed by atoms with Gasteiger partial charge in [0.05, 0.1) is 26.0 Å². The van der Waals surface area contributed by atoms with E-state index in [4.69, 9.17) is 42.2 Å². The average Bonchev–Trinajstić information content (AvgIpc) is 3.10. The zero-order chi connectivity index (χ0) is 38.1. The van der Waals surface area contributed by atoms with Crippen LogP contribution in [0.2, 0.25) is 0 Å². The van der Waals surface area contributed by atoms with Crippen LogP contribution in [0.25, 0.3) is 0 Å². The summed E-state index contributed by atoms with van der Waals surface area (Å²) in [6, 6.07) is 16.2. The van der Waals surface area contributed by atoms with E-state index < -0.39 is 80.9 Å². The van der Waals surface area contributed by atoms with E-state index in [0.29, 0.717) is 11.1 Å². The summed E-state index contributed by atoms with van der Waals surface area (Å²) in [6.07, 6.45) is -8.49. The number of carbonyl (C=O) groups excluding carboxylic acids is 5. The number of ether oxygens (including phenoxy) is 7. The predicted octanol–water partition coefficient (Wildman–Crippen LogP) is 4.22. The molecule has 1 N–H and O–H groups in total. The molecule has 0 spiro atoms. The SMILES string of the molecule is CCOP(=O)(CCC1OC(OC[C@H](NC(=O)OCc2ccccc2)C(=O)OCc2ccccc2)C(OC(C)=O)C(OC(C)=O)C1OC(C)=O)OCC. The highest BCUT2D eigenvalue weighted by atomic mass is 31.2. The summed E-state index contributed by atoms with van der Waals surface area (Å²) < 4.78 is 63.5. The Kier molecular flexibility index (Phi) is 17.2. The zero-order valence-corrected chi connectivity index (χ0v) is 30.7. The fourth-order valence-corrected chi connectivity index (χ4v) is 6.85. The van der Waals surface area contributed by atoms with Crippen molar-refractivity contribution in [2.24, 2.45) is 0 Å². The molecule has 2 aromatic rings. The first kappa shape index (κ1) is 42.1. The number of alkyl carbamates (subject to hydrolysis) is 1. The van der Waals surface area contributed by atoms with Gasteiger partial charge in [-0.3, -0.25) is 18.9 Å². The first-order valence-electron chi connectivity index (χ1n) is 16.7. The van der Waals surface area contributed by atoms with Crippen LogP contribution in [0.3, 0.4) is 0 Å². The quantitative estimate of drug-likeness (QED) is 0.122. The largest absolute Gasteiger partial charge is 0.459 e. The van der Waals surface area contributed by atoms with E-state index in [1.54, 1.807) is 74.5 Å². The number of nitrogens with one attached hydrogen (secondary N) is 1. The molecule has 6 atom stereocenters. The van der Waals surface area contributed by atoms with Gasteiger partial charge >= 0.3 is 37.6 Å². The van der Waals surface area contributed by atoms with Crippen LogP contribution in [0.5, 0.6) is 0 Å². The molecule has 52 heavy (non-hydrogen) atoms. The molecule has 16 nitrogen and oxygen atoms in total. The molecule has 3 rings (SSSR count). The standard InChI is InChI=1S/C35H46NO15P/c1-6-46-52(42,47-7-2)19-18-29-30(48-23(3)37)31(49-24(4)38)32(50-25(5)39)34(51-29)44-22-28(33(40)43-20-26-14-10-8-11-15-26)36-35(41)45-21-27-16-12-9-13-17-27/h8-17,28-32,34H,6-7,18-22H2,1-5H3,(H,36,41)/t28-,29?,30?,31?,32?,34?/m0/s1.